The Morgan fingerprint density at radius 2 is 2.40 bits per heavy atom. The first-order valence-electron chi connectivity index (χ1n) is 5.38. The summed E-state index contributed by atoms with van der Waals surface area (Å²) in [5.74, 6) is -0.294. The molecule has 0 bridgehead atoms. The molecule has 1 rings (SSSR count). The van der Waals surface area contributed by atoms with Gasteiger partial charge in [-0.1, -0.05) is 6.58 Å². The van der Waals surface area contributed by atoms with Crippen LogP contribution in [-0.2, 0) is 9.53 Å². The summed E-state index contributed by atoms with van der Waals surface area (Å²) < 4.78 is 5.05. The second-order valence-corrected chi connectivity index (χ2v) is 4.01. The monoisotopic (exact) mass is 212 g/mol. The van der Waals surface area contributed by atoms with Gasteiger partial charge in [0.05, 0.1) is 0 Å². The van der Waals surface area contributed by atoms with E-state index in [-0.39, 0.29) is 5.97 Å². The van der Waals surface area contributed by atoms with Crippen LogP contribution in [0.15, 0.2) is 12.2 Å². The van der Waals surface area contributed by atoms with Gasteiger partial charge in [-0.2, -0.15) is 0 Å². The van der Waals surface area contributed by atoms with E-state index in [0.717, 1.165) is 26.2 Å². The third kappa shape index (κ3) is 4.01. The van der Waals surface area contributed by atoms with Crippen LogP contribution in [0.5, 0.6) is 0 Å². The number of ether oxygens (including phenoxy) is 1. The van der Waals surface area contributed by atoms with E-state index in [1.165, 1.54) is 0 Å². The van der Waals surface area contributed by atoms with Gasteiger partial charge in [-0.3, -0.25) is 4.90 Å². The van der Waals surface area contributed by atoms with Gasteiger partial charge < -0.3 is 10.1 Å². The topological polar surface area (TPSA) is 41.6 Å². The number of nitrogens with zero attached hydrogens (tertiary/aromatic N) is 1. The van der Waals surface area contributed by atoms with Gasteiger partial charge in [0.15, 0.2) is 0 Å². The summed E-state index contributed by atoms with van der Waals surface area (Å²) in [6, 6.07) is 0.516. The number of nitrogens with one attached hydrogen (secondary N) is 1. The van der Waals surface area contributed by atoms with Crippen molar-refractivity contribution >= 4 is 5.97 Å². The van der Waals surface area contributed by atoms with E-state index < -0.39 is 0 Å². The summed E-state index contributed by atoms with van der Waals surface area (Å²) in [5.41, 5.74) is 0.461. The average molecular weight is 212 g/mol. The molecule has 15 heavy (non-hydrogen) atoms. The molecule has 0 spiro atoms. The SMILES string of the molecule is C=C(C)C(=O)OCCN1CCNCC1C. The van der Waals surface area contributed by atoms with Gasteiger partial charge in [0.2, 0.25) is 0 Å². The molecule has 0 aromatic rings. The van der Waals surface area contributed by atoms with E-state index in [2.05, 4.69) is 23.7 Å². The number of carbonyl (C=O) groups excluding carboxylic acids is 1. The normalized spacial score (nSPS) is 22.4. The van der Waals surface area contributed by atoms with Gasteiger partial charge >= 0.3 is 5.97 Å². The van der Waals surface area contributed by atoms with Crippen LogP contribution in [0.25, 0.3) is 0 Å². The van der Waals surface area contributed by atoms with Crippen molar-refractivity contribution in [2.45, 2.75) is 19.9 Å². The summed E-state index contributed by atoms with van der Waals surface area (Å²) in [7, 11) is 0. The van der Waals surface area contributed by atoms with Crippen molar-refractivity contribution in [1.82, 2.24) is 10.2 Å². The minimum Gasteiger partial charge on any atom is -0.461 e. The molecule has 0 aliphatic carbocycles. The largest absolute Gasteiger partial charge is 0.461 e. The minimum absolute atomic E-state index is 0.294. The highest BCUT2D eigenvalue weighted by molar-refractivity contribution is 5.86. The van der Waals surface area contributed by atoms with Gasteiger partial charge in [-0.25, -0.2) is 4.79 Å². The second-order valence-electron chi connectivity index (χ2n) is 4.01. The van der Waals surface area contributed by atoms with Crippen molar-refractivity contribution in [3.63, 3.8) is 0 Å². The average Bonchev–Trinajstić information content (AvgIpc) is 2.20. The molecule has 0 aromatic carbocycles. The summed E-state index contributed by atoms with van der Waals surface area (Å²) in [6.07, 6.45) is 0. The fourth-order valence-electron chi connectivity index (χ4n) is 1.59. The Morgan fingerprint density at radius 3 is 3.00 bits per heavy atom. The van der Waals surface area contributed by atoms with Crippen molar-refractivity contribution < 1.29 is 9.53 Å². The standard InChI is InChI=1S/C11H20N2O2/c1-9(2)11(14)15-7-6-13-5-4-12-8-10(13)3/h10,12H,1,4-8H2,2-3H3. The first-order chi connectivity index (χ1) is 7.11. The lowest BCUT2D eigenvalue weighted by molar-refractivity contribution is -0.139. The molecule has 1 aliphatic rings. The van der Waals surface area contributed by atoms with Crippen LogP contribution in [0.3, 0.4) is 0 Å². The Hall–Kier alpha value is -0.870. The molecule has 1 aliphatic heterocycles. The Morgan fingerprint density at radius 1 is 1.67 bits per heavy atom. The van der Waals surface area contributed by atoms with Crippen molar-refractivity contribution in [1.29, 1.82) is 0 Å². The lowest BCUT2D eigenvalue weighted by Gasteiger charge is -2.33. The van der Waals surface area contributed by atoms with Crippen LogP contribution in [0.2, 0.25) is 0 Å². The zero-order chi connectivity index (χ0) is 11.3. The van der Waals surface area contributed by atoms with Gasteiger partial charge in [0, 0.05) is 37.8 Å². The van der Waals surface area contributed by atoms with Crippen LogP contribution >= 0.6 is 0 Å². The Labute approximate surface area is 91.3 Å². The number of rotatable bonds is 4. The summed E-state index contributed by atoms with van der Waals surface area (Å²) >= 11 is 0. The number of esters is 1. The summed E-state index contributed by atoms with van der Waals surface area (Å²) in [4.78, 5) is 13.4. The van der Waals surface area contributed by atoms with Crippen molar-refractivity contribution in [2.75, 3.05) is 32.8 Å². The second kappa shape index (κ2) is 5.88. The fraction of sp³-hybridized carbons (Fsp3) is 0.727. The molecule has 1 fully saturated rings. The molecule has 1 atom stereocenters. The lowest BCUT2D eigenvalue weighted by Crippen LogP contribution is -2.50. The van der Waals surface area contributed by atoms with Crippen molar-refractivity contribution in [3.05, 3.63) is 12.2 Å². The van der Waals surface area contributed by atoms with Gasteiger partial charge in [-0.05, 0) is 13.8 Å². The highest BCUT2D eigenvalue weighted by Crippen LogP contribution is 2.02. The number of hydrogen-bond acceptors (Lipinski definition) is 4. The maximum atomic E-state index is 11.1. The van der Waals surface area contributed by atoms with Crippen LogP contribution in [0, 0.1) is 0 Å². The van der Waals surface area contributed by atoms with Gasteiger partial charge in [0.25, 0.3) is 0 Å². The zero-order valence-electron chi connectivity index (χ0n) is 9.58. The van der Waals surface area contributed by atoms with E-state index in [0.29, 0.717) is 18.2 Å². The molecule has 1 unspecified atom stereocenters. The highest BCUT2D eigenvalue weighted by Gasteiger charge is 2.17. The zero-order valence-corrected chi connectivity index (χ0v) is 9.58. The predicted molar refractivity (Wildman–Crippen MR) is 59.7 cm³/mol. The van der Waals surface area contributed by atoms with Crippen molar-refractivity contribution in [2.24, 2.45) is 0 Å². The van der Waals surface area contributed by atoms with Crippen LogP contribution < -0.4 is 5.32 Å². The Balaban J connectivity index is 2.19. The van der Waals surface area contributed by atoms with E-state index >= 15 is 0 Å². The molecule has 4 nitrogen and oxygen atoms in total. The predicted octanol–water partition coefficient (Wildman–Crippen LogP) is 0.399. The van der Waals surface area contributed by atoms with Gasteiger partial charge in [-0.15, -0.1) is 0 Å². The van der Waals surface area contributed by atoms with Crippen LogP contribution in [0.4, 0.5) is 0 Å². The number of hydrogen-bond donors (Lipinski definition) is 1. The molecule has 86 valence electrons. The third-order valence-corrected chi connectivity index (χ3v) is 2.60. The first-order valence-corrected chi connectivity index (χ1v) is 5.38. The molecule has 4 heteroatoms. The van der Waals surface area contributed by atoms with Crippen LogP contribution in [-0.4, -0.2) is 49.7 Å². The Kier molecular flexibility index (Phi) is 4.78. The molecular formula is C11H20N2O2. The van der Waals surface area contributed by atoms with Crippen LogP contribution in [0.1, 0.15) is 13.8 Å². The maximum absolute atomic E-state index is 11.1. The fourth-order valence-corrected chi connectivity index (χ4v) is 1.59. The molecule has 1 saturated heterocycles. The quantitative estimate of drug-likeness (QED) is 0.541. The molecular weight excluding hydrogens is 192 g/mol. The molecule has 0 amide bonds. The molecule has 1 heterocycles. The molecule has 1 N–H and O–H groups in total. The van der Waals surface area contributed by atoms with E-state index in [1.807, 2.05) is 0 Å². The molecule has 0 aromatic heterocycles. The van der Waals surface area contributed by atoms with E-state index in [9.17, 15) is 4.79 Å². The molecule has 0 saturated carbocycles. The molecule has 0 radical (unpaired) electrons. The Bertz CT molecular complexity index is 241. The van der Waals surface area contributed by atoms with E-state index in [4.69, 9.17) is 4.74 Å². The third-order valence-electron chi connectivity index (χ3n) is 2.60. The summed E-state index contributed by atoms with van der Waals surface area (Å²) in [6.45, 7) is 11.7. The summed E-state index contributed by atoms with van der Waals surface area (Å²) in [5, 5.41) is 3.32. The lowest BCUT2D eigenvalue weighted by atomic mass is 10.2. The first kappa shape index (κ1) is 12.2. The van der Waals surface area contributed by atoms with Gasteiger partial charge in [0.1, 0.15) is 6.61 Å². The van der Waals surface area contributed by atoms with E-state index in [1.54, 1.807) is 6.92 Å². The van der Waals surface area contributed by atoms with Crippen molar-refractivity contribution in [3.8, 4) is 0 Å². The maximum Gasteiger partial charge on any atom is 0.333 e. The highest BCUT2D eigenvalue weighted by atomic mass is 16.5. The number of carbonyl (C=O) groups is 1. The minimum atomic E-state index is -0.294. The number of piperazine rings is 1. The smallest absolute Gasteiger partial charge is 0.333 e.